The minimum absolute atomic E-state index is 0.000256. The molecule has 6 heteroatoms. The van der Waals surface area contributed by atoms with Gasteiger partial charge in [0.15, 0.2) is 0 Å². The number of hydrogen-bond acceptors (Lipinski definition) is 4. The van der Waals surface area contributed by atoms with E-state index in [9.17, 15) is 4.79 Å². The van der Waals surface area contributed by atoms with Gasteiger partial charge in [0.25, 0.3) is 5.91 Å². The standard InChI is InChI=1S/C12H16BrN3O2/c1-7-4-8(13)6-15-11(7)16-12(17)10-3-2-9(5-14)18-10/h4,6,9-10H,2-3,5,14H2,1H3,(H,15,16,17). The summed E-state index contributed by atoms with van der Waals surface area (Å²) in [6.45, 7) is 2.35. The number of nitrogens with one attached hydrogen (secondary N) is 1. The second-order valence-corrected chi connectivity index (χ2v) is 5.28. The van der Waals surface area contributed by atoms with Gasteiger partial charge < -0.3 is 15.8 Å². The molecule has 18 heavy (non-hydrogen) atoms. The number of aromatic nitrogens is 1. The lowest BCUT2D eigenvalue weighted by Gasteiger charge is -2.13. The summed E-state index contributed by atoms with van der Waals surface area (Å²) < 4.78 is 6.42. The second kappa shape index (κ2) is 5.77. The van der Waals surface area contributed by atoms with E-state index in [1.807, 2.05) is 13.0 Å². The molecule has 0 saturated carbocycles. The van der Waals surface area contributed by atoms with E-state index in [2.05, 4.69) is 26.2 Å². The van der Waals surface area contributed by atoms with Crippen LogP contribution in [-0.2, 0) is 9.53 Å². The van der Waals surface area contributed by atoms with Crippen molar-refractivity contribution in [3.8, 4) is 0 Å². The smallest absolute Gasteiger partial charge is 0.254 e. The second-order valence-electron chi connectivity index (χ2n) is 4.37. The van der Waals surface area contributed by atoms with E-state index >= 15 is 0 Å². The van der Waals surface area contributed by atoms with E-state index < -0.39 is 6.10 Å². The van der Waals surface area contributed by atoms with Crippen molar-refractivity contribution in [2.45, 2.75) is 32.0 Å². The Hall–Kier alpha value is -0.980. The highest BCUT2D eigenvalue weighted by atomic mass is 79.9. The van der Waals surface area contributed by atoms with E-state index in [1.165, 1.54) is 0 Å². The summed E-state index contributed by atoms with van der Waals surface area (Å²) >= 11 is 3.33. The Morgan fingerprint density at radius 1 is 1.67 bits per heavy atom. The maximum Gasteiger partial charge on any atom is 0.254 e. The maximum atomic E-state index is 12.0. The number of nitrogens with zero attached hydrogens (tertiary/aromatic N) is 1. The summed E-state index contributed by atoms with van der Waals surface area (Å²) in [6, 6.07) is 1.90. The van der Waals surface area contributed by atoms with Crippen molar-refractivity contribution in [3.05, 3.63) is 22.3 Å². The number of rotatable bonds is 3. The van der Waals surface area contributed by atoms with Gasteiger partial charge in [-0.3, -0.25) is 4.79 Å². The SMILES string of the molecule is Cc1cc(Br)cnc1NC(=O)C1CCC(CN)O1. The van der Waals surface area contributed by atoms with Crippen LogP contribution in [0.3, 0.4) is 0 Å². The average molecular weight is 314 g/mol. The number of pyridine rings is 1. The van der Waals surface area contributed by atoms with E-state index in [0.717, 1.165) is 16.5 Å². The van der Waals surface area contributed by atoms with Crippen LogP contribution >= 0.6 is 15.9 Å². The van der Waals surface area contributed by atoms with Crippen molar-refractivity contribution in [3.63, 3.8) is 0 Å². The lowest BCUT2D eigenvalue weighted by atomic mass is 10.2. The number of nitrogens with two attached hydrogens (primary N) is 1. The minimum atomic E-state index is -0.414. The summed E-state index contributed by atoms with van der Waals surface area (Å²) in [7, 11) is 0. The molecular weight excluding hydrogens is 298 g/mol. The fourth-order valence-corrected chi connectivity index (χ4v) is 2.39. The van der Waals surface area contributed by atoms with E-state index in [0.29, 0.717) is 18.8 Å². The molecule has 0 bridgehead atoms. The zero-order valence-corrected chi connectivity index (χ0v) is 11.7. The summed E-state index contributed by atoms with van der Waals surface area (Å²) in [6.07, 6.45) is 2.79. The molecule has 98 valence electrons. The van der Waals surface area contributed by atoms with Crippen LogP contribution in [0.2, 0.25) is 0 Å². The van der Waals surface area contributed by atoms with Gasteiger partial charge in [-0.05, 0) is 47.3 Å². The predicted octanol–water partition coefficient (Wildman–Crippen LogP) is 1.60. The van der Waals surface area contributed by atoms with Crippen molar-refractivity contribution >= 4 is 27.7 Å². The molecule has 1 fully saturated rings. The van der Waals surface area contributed by atoms with Crippen molar-refractivity contribution in [2.75, 3.05) is 11.9 Å². The van der Waals surface area contributed by atoms with Crippen LogP contribution in [0.25, 0.3) is 0 Å². The third-order valence-electron chi connectivity index (χ3n) is 2.95. The Morgan fingerprint density at radius 2 is 2.44 bits per heavy atom. The normalized spacial score (nSPS) is 23.1. The minimum Gasteiger partial charge on any atom is -0.364 e. The Labute approximate surface area is 114 Å². The third-order valence-corrected chi connectivity index (χ3v) is 3.38. The number of carbonyl (C=O) groups is 1. The predicted molar refractivity (Wildman–Crippen MR) is 72.3 cm³/mol. The topological polar surface area (TPSA) is 77.2 Å². The number of ether oxygens (including phenoxy) is 1. The highest BCUT2D eigenvalue weighted by Crippen LogP contribution is 2.21. The molecule has 0 aliphatic carbocycles. The van der Waals surface area contributed by atoms with Crippen molar-refractivity contribution in [2.24, 2.45) is 5.73 Å². The highest BCUT2D eigenvalue weighted by Gasteiger charge is 2.30. The van der Waals surface area contributed by atoms with Gasteiger partial charge in [0.05, 0.1) is 6.10 Å². The van der Waals surface area contributed by atoms with Crippen molar-refractivity contribution in [1.82, 2.24) is 4.98 Å². The Kier molecular flexibility index (Phi) is 4.31. The first-order valence-electron chi connectivity index (χ1n) is 5.88. The molecule has 2 heterocycles. The molecule has 1 aliphatic rings. The van der Waals surface area contributed by atoms with Crippen molar-refractivity contribution in [1.29, 1.82) is 0 Å². The molecule has 2 atom stereocenters. The zero-order chi connectivity index (χ0) is 13.1. The Bertz CT molecular complexity index is 453. The number of amides is 1. The quantitative estimate of drug-likeness (QED) is 0.888. The van der Waals surface area contributed by atoms with Crippen LogP contribution in [0.15, 0.2) is 16.7 Å². The monoisotopic (exact) mass is 313 g/mol. The van der Waals surface area contributed by atoms with Gasteiger partial charge in [-0.25, -0.2) is 4.98 Å². The van der Waals surface area contributed by atoms with Gasteiger partial charge in [0, 0.05) is 17.2 Å². The summed E-state index contributed by atoms with van der Waals surface area (Å²) in [5.41, 5.74) is 6.42. The molecule has 0 spiro atoms. The molecule has 0 radical (unpaired) electrons. The van der Waals surface area contributed by atoms with Gasteiger partial charge >= 0.3 is 0 Å². The van der Waals surface area contributed by atoms with Crippen LogP contribution in [0.5, 0.6) is 0 Å². The average Bonchev–Trinajstić information content (AvgIpc) is 2.81. The van der Waals surface area contributed by atoms with Crippen LogP contribution in [-0.4, -0.2) is 29.6 Å². The van der Waals surface area contributed by atoms with Crippen molar-refractivity contribution < 1.29 is 9.53 Å². The summed E-state index contributed by atoms with van der Waals surface area (Å²) in [4.78, 5) is 16.2. The van der Waals surface area contributed by atoms with Crippen LogP contribution in [0, 0.1) is 6.92 Å². The van der Waals surface area contributed by atoms with E-state index in [1.54, 1.807) is 6.20 Å². The molecule has 1 amide bonds. The van der Waals surface area contributed by atoms with Crippen LogP contribution in [0.1, 0.15) is 18.4 Å². The lowest BCUT2D eigenvalue weighted by Crippen LogP contribution is -2.30. The number of aryl methyl sites for hydroxylation is 1. The number of carbonyl (C=O) groups excluding carboxylic acids is 1. The van der Waals surface area contributed by atoms with Gasteiger partial charge in [-0.1, -0.05) is 0 Å². The van der Waals surface area contributed by atoms with Gasteiger partial charge in [0.1, 0.15) is 11.9 Å². The first-order valence-corrected chi connectivity index (χ1v) is 6.68. The van der Waals surface area contributed by atoms with Gasteiger partial charge in [-0.15, -0.1) is 0 Å². The number of halogens is 1. The molecule has 3 N–H and O–H groups in total. The number of hydrogen-bond donors (Lipinski definition) is 2. The third kappa shape index (κ3) is 3.07. The van der Waals surface area contributed by atoms with E-state index in [4.69, 9.17) is 10.5 Å². The fraction of sp³-hybridized carbons (Fsp3) is 0.500. The van der Waals surface area contributed by atoms with Gasteiger partial charge in [0.2, 0.25) is 0 Å². The fourth-order valence-electron chi connectivity index (χ4n) is 1.94. The lowest BCUT2D eigenvalue weighted by molar-refractivity contribution is -0.126. The summed E-state index contributed by atoms with van der Waals surface area (Å²) in [5.74, 6) is 0.423. The Balaban J connectivity index is 1.99. The Morgan fingerprint density at radius 3 is 3.06 bits per heavy atom. The maximum absolute atomic E-state index is 12.0. The number of anilines is 1. The molecule has 1 saturated heterocycles. The van der Waals surface area contributed by atoms with Crippen LogP contribution < -0.4 is 11.1 Å². The summed E-state index contributed by atoms with van der Waals surface area (Å²) in [5, 5.41) is 2.79. The molecule has 1 aromatic rings. The zero-order valence-electron chi connectivity index (χ0n) is 10.1. The van der Waals surface area contributed by atoms with Gasteiger partial charge in [-0.2, -0.15) is 0 Å². The molecule has 1 aromatic heterocycles. The molecule has 2 unspecified atom stereocenters. The molecule has 1 aliphatic heterocycles. The van der Waals surface area contributed by atoms with E-state index in [-0.39, 0.29) is 12.0 Å². The molecular formula is C12H16BrN3O2. The molecule has 0 aromatic carbocycles. The molecule has 2 rings (SSSR count). The highest BCUT2D eigenvalue weighted by molar-refractivity contribution is 9.10. The van der Waals surface area contributed by atoms with Crippen LogP contribution in [0.4, 0.5) is 5.82 Å². The molecule has 5 nitrogen and oxygen atoms in total. The first kappa shape index (κ1) is 13.5. The first-order chi connectivity index (χ1) is 8.60. The largest absolute Gasteiger partial charge is 0.364 e.